The standard InChI is InChI=1S/C19H18O4/c1-13-16(19(21)22-12-14-8-4-2-5-9-14)17(23-18(13)20)15-10-6-3-7-11-15/h2-11,13,16-17H,12H2,1H3/t13-,16?,17+/m0/s1. The SMILES string of the molecule is C[C@@H]1C(=O)O[C@H](c2ccccc2)C1C(=O)OCc1ccccc1. The molecule has 1 fully saturated rings. The van der Waals surface area contributed by atoms with Crippen LogP contribution in [0.5, 0.6) is 0 Å². The summed E-state index contributed by atoms with van der Waals surface area (Å²) in [6, 6.07) is 18.8. The minimum Gasteiger partial charge on any atom is -0.460 e. The number of cyclic esters (lactones) is 1. The molecule has 0 N–H and O–H groups in total. The highest BCUT2D eigenvalue weighted by Gasteiger charge is 2.47. The molecule has 0 amide bonds. The van der Waals surface area contributed by atoms with Crippen LogP contribution in [0.15, 0.2) is 60.7 Å². The number of esters is 2. The smallest absolute Gasteiger partial charge is 0.314 e. The van der Waals surface area contributed by atoms with E-state index in [1.807, 2.05) is 60.7 Å². The van der Waals surface area contributed by atoms with Gasteiger partial charge >= 0.3 is 11.9 Å². The molecule has 1 unspecified atom stereocenters. The highest BCUT2D eigenvalue weighted by molar-refractivity contribution is 5.85. The summed E-state index contributed by atoms with van der Waals surface area (Å²) in [5.74, 6) is -1.89. The van der Waals surface area contributed by atoms with Crippen LogP contribution < -0.4 is 0 Å². The van der Waals surface area contributed by atoms with Crippen molar-refractivity contribution in [1.82, 2.24) is 0 Å². The molecule has 1 heterocycles. The Morgan fingerprint density at radius 1 is 1.04 bits per heavy atom. The molecule has 0 spiro atoms. The number of rotatable bonds is 4. The molecule has 118 valence electrons. The van der Waals surface area contributed by atoms with E-state index < -0.39 is 23.9 Å². The lowest BCUT2D eigenvalue weighted by Crippen LogP contribution is -2.26. The van der Waals surface area contributed by atoms with E-state index in [9.17, 15) is 9.59 Å². The lowest BCUT2D eigenvalue weighted by Gasteiger charge is -2.18. The normalized spacial score (nSPS) is 23.3. The zero-order valence-electron chi connectivity index (χ0n) is 12.8. The minimum absolute atomic E-state index is 0.193. The maximum absolute atomic E-state index is 12.5. The molecule has 0 aromatic heterocycles. The molecule has 0 saturated carbocycles. The van der Waals surface area contributed by atoms with E-state index >= 15 is 0 Å². The van der Waals surface area contributed by atoms with E-state index in [0.717, 1.165) is 11.1 Å². The van der Waals surface area contributed by atoms with Crippen LogP contribution in [0, 0.1) is 11.8 Å². The van der Waals surface area contributed by atoms with Crippen LogP contribution in [0.4, 0.5) is 0 Å². The molecule has 4 heteroatoms. The lowest BCUT2D eigenvalue weighted by molar-refractivity contribution is -0.153. The summed E-state index contributed by atoms with van der Waals surface area (Å²) in [7, 11) is 0. The first-order valence-corrected chi connectivity index (χ1v) is 7.63. The molecule has 2 aromatic carbocycles. The number of ether oxygens (including phenoxy) is 2. The van der Waals surface area contributed by atoms with Crippen molar-refractivity contribution in [3.63, 3.8) is 0 Å². The molecular formula is C19H18O4. The lowest BCUT2D eigenvalue weighted by atomic mass is 9.88. The zero-order valence-corrected chi connectivity index (χ0v) is 12.8. The molecule has 0 radical (unpaired) electrons. The Bertz CT molecular complexity index is 681. The number of hydrogen-bond acceptors (Lipinski definition) is 4. The third kappa shape index (κ3) is 3.26. The van der Waals surface area contributed by atoms with Gasteiger partial charge in [-0.3, -0.25) is 9.59 Å². The number of benzene rings is 2. The van der Waals surface area contributed by atoms with E-state index in [1.54, 1.807) is 6.92 Å². The molecule has 3 rings (SSSR count). The van der Waals surface area contributed by atoms with Crippen LogP contribution in [0.2, 0.25) is 0 Å². The highest BCUT2D eigenvalue weighted by atomic mass is 16.6. The van der Waals surface area contributed by atoms with Gasteiger partial charge in [0, 0.05) is 0 Å². The van der Waals surface area contributed by atoms with Gasteiger partial charge in [-0.2, -0.15) is 0 Å². The third-order valence-corrected chi connectivity index (χ3v) is 4.10. The molecule has 2 aromatic rings. The maximum atomic E-state index is 12.5. The number of carbonyl (C=O) groups is 2. The predicted molar refractivity (Wildman–Crippen MR) is 84.2 cm³/mol. The van der Waals surface area contributed by atoms with Gasteiger partial charge in [-0.1, -0.05) is 67.6 Å². The van der Waals surface area contributed by atoms with Gasteiger partial charge in [0.25, 0.3) is 0 Å². The molecule has 3 atom stereocenters. The Labute approximate surface area is 135 Å². The molecule has 4 nitrogen and oxygen atoms in total. The van der Waals surface area contributed by atoms with Crippen molar-refractivity contribution >= 4 is 11.9 Å². The van der Waals surface area contributed by atoms with Crippen LogP contribution in [-0.4, -0.2) is 11.9 Å². The first-order valence-electron chi connectivity index (χ1n) is 7.63. The van der Waals surface area contributed by atoms with Crippen molar-refractivity contribution in [3.05, 3.63) is 71.8 Å². The Morgan fingerprint density at radius 3 is 2.30 bits per heavy atom. The molecule has 1 aliphatic heterocycles. The van der Waals surface area contributed by atoms with Gasteiger partial charge in [-0.05, 0) is 11.1 Å². The van der Waals surface area contributed by atoms with Gasteiger partial charge in [0.05, 0.1) is 5.92 Å². The quantitative estimate of drug-likeness (QED) is 0.813. The summed E-state index contributed by atoms with van der Waals surface area (Å²) in [5, 5.41) is 0. The van der Waals surface area contributed by atoms with E-state index in [-0.39, 0.29) is 12.6 Å². The van der Waals surface area contributed by atoms with E-state index in [2.05, 4.69) is 0 Å². The first-order chi connectivity index (χ1) is 11.2. The zero-order chi connectivity index (χ0) is 16.2. The average Bonchev–Trinajstić information content (AvgIpc) is 2.90. The summed E-state index contributed by atoms with van der Waals surface area (Å²) in [6.07, 6.45) is -0.582. The summed E-state index contributed by atoms with van der Waals surface area (Å²) in [6.45, 7) is 1.90. The van der Waals surface area contributed by atoms with E-state index in [1.165, 1.54) is 0 Å². The molecule has 1 aliphatic rings. The highest BCUT2D eigenvalue weighted by Crippen LogP contribution is 2.39. The molecule has 0 bridgehead atoms. The largest absolute Gasteiger partial charge is 0.460 e. The Balaban J connectivity index is 1.75. The van der Waals surface area contributed by atoms with Crippen LogP contribution in [0.1, 0.15) is 24.2 Å². The van der Waals surface area contributed by atoms with Gasteiger partial charge in [0.2, 0.25) is 0 Å². The molecular weight excluding hydrogens is 292 g/mol. The second kappa shape index (κ2) is 6.65. The molecule has 0 aliphatic carbocycles. The first kappa shape index (κ1) is 15.3. The van der Waals surface area contributed by atoms with Crippen molar-refractivity contribution < 1.29 is 19.1 Å². The second-order valence-corrected chi connectivity index (χ2v) is 5.68. The van der Waals surface area contributed by atoms with Crippen LogP contribution in [-0.2, 0) is 25.7 Å². The van der Waals surface area contributed by atoms with Crippen LogP contribution in [0.25, 0.3) is 0 Å². The Morgan fingerprint density at radius 2 is 1.65 bits per heavy atom. The Kier molecular flexibility index (Phi) is 4.42. The summed E-state index contributed by atoms with van der Waals surface area (Å²) in [4.78, 5) is 24.4. The number of carbonyl (C=O) groups excluding carboxylic acids is 2. The van der Waals surface area contributed by atoms with Crippen molar-refractivity contribution in [1.29, 1.82) is 0 Å². The van der Waals surface area contributed by atoms with Crippen LogP contribution in [0.3, 0.4) is 0 Å². The van der Waals surface area contributed by atoms with Gasteiger partial charge in [-0.25, -0.2) is 0 Å². The fraction of sp³-hybridized carbons (Fsp3) is 0.263. The van der Waals surface area contributed by atoms with Gasteiger partial charge in [0.15, 0.2) is 0 Å². The Hall–Kier alpha value is -2.62. The van der Waals surface area contributed by atoms with Crippen molar-refractivity contribution in [2.45, 2.75) is 19.6 Å². The van der Waals surface area contributed by atoms with Crippen LogP contribution >= 0.6 is 0 Å². The van der Waals surface area contributed by atoms with E-state index in [4.69, 9.17) is 9.47 Å². The topological polar surface area (TPSA) is 52.6 Å². The minimum atomic E-state index is -0.617. The third-order valence-electron chi connectivity index (χ3n) is 4.10. The van der Waals surface area contributed by atoms with E-state index in [0.29, 0.717) is 0 Å². The fourth-order valence-corrected chi connectivity index (χ4v) is 2.79. The monoisotopic (exact) mass is 310 g/mol. The van der Waals surface area contributed by atoms with Gasteiger partial charge < -0.3 is 9.47 Å². The second-order valence-electron chi connectivity index (χ2n) is 5.68. The molecule has 1 saturated heterocycles. The molecule has 23 heavy (non-hydrogen) atoms. The van der Waals surface area contributed by atoms with Crippen molar-refractivity contribution in [2.75, 3.05) is 0 Å². The predicted octanol–water partition coefficient (Wildman–Crippen LogP) is 3.28. The summed E-state index contributed by atoms with van der Waals surface area (Å²) in [5.41, 5.74) is 1.72. The fourth-order valence-electron chi connectivity index (χ4n) is 2.79. The summed E-state index contributed by atoms with van der Waals surface area (Å²) < 4.78 is 10.8. The maximum Gasteiger partial charge on any atom is 0.314 e. The summed E-state index contributed by atoms with van der Waals surface area (Å²) >= 11 is 0. The van der Waals surface area contributed by atoms with Crippen molar-refractivity contribution in [2.24, 2.45) is 11.8 Å². The van der Waals surface area contributed by atoms with Crippen molar-refractivity contribution in [3.8, 4) is 0 Å². The van der Waals surface area contributed by atoms with Gasteiger partial charge in [-0.15, -0.1) is 0 Å². The van der Waals surface area contributed by atoms with Gasteiger partial charge in [0.1, 0.15) is 18.6 Å². The average molecular weight is 310 g/mol. The number of hydrogen-bond donors (Lipinski definition) is 0.